The van der Waals surface area contributed by atoms with E-state index in [4.69, 9.17) is 4.74 Å². The summed E-state index contributed by atoms with van der Waals surface area (Å²) in [7, 11) is -3.25. The topological polar surface area (TPSA) is 84.5 Å². The summed E-state index contributed by atoms with van der Waals surface area (Å²) in [5.74, 6) is 0.295. The van der Waals surface area contributed by atoms with Crippen molar-refractivity contribution in [2.75, 3.05) is 5.32 Å². The van der Waals surface area contributed by atoms with Crippen molar-refractivity contribution in [1.29, 1.82) is 0 Å². The summed E-state index contributed by atoms with van der Waals surface area (Å²) in [6.45, 7) is 0. The van der Waals surface area contributed by atoms with E-state index < -0.39 is 10.0 Å². The number of fused-ring (bicyclic) bond motifs is 1. The Morgan fingerprint density at radius 1 is 1.03 bits per heavy atom. The summed E-state index contributed by atoms with van der Waals surface area (Å²) in [5, 5.41) is 3.00. The average molecular weight is 415 g/mol. The molecule has 6 nitrogen and oxygen atoms in total. The Bertz CT molecular complexity index is 945. The second-order valence-corrected chi connectivity index (χ2v) is 9.69. The minimum Gasteiger partial charge on any atom is -0.427 e. The number of sulfonamides is 1. The molecule has 0 amide bonds. The molecule has 1 saturated carbocycles. The van der Waals surface area contributed by atoms with E-state index in [-0.39, 0.29) is 23.3 Å². The Kier molecular flexibility index (Phi) is 5.87. The smallest absolute Gasteiger partial charge is 0.311 e. The van der Waals surface area contributed by atoms with Crippen LogP contribution in [0, 0.1) is 5.92 Å². The van der Waals surface area contributed by atoms with E-state index in [1.807, 2.05) is 42.5 Å². The quantitative estimate of drug-likeness (QED) is 0.559. The van der Waals surface area contributed by atoms with Crippen molar-refractivity contribution in [1.82, 2.24) is 4.72 Å². The van der Waals surface area contributed by atoms with Gasteiger partial charge in [-0.1, -0.05) is 43.2 Å². The molecule has 3 atom stereocenters. The van der Waals surface area contributed by atoms with Crippen LogP contribution in [0.3, 0.4) is 0 Å². The third-order valence-corrected chi connectivity index (χ3v) is 7.71. The van der Waals surface area contributed by atoms with E-state index in [1.165, 1.54) is 0 Å². The second kappa shape index (κ2) is 8.55. The van der Waals surface area contributed by atoms with Gasteiger partial charge in [0.25, 0.3) is 0 Å². The standard InChI is InChI=1S/C22H26N2O4S/c25-21(15-10-16-6-2-1-3-7-16)28-18-13-11-17(12-14-18)23-22-19-8-4-5-9-20(19)29(26,27)24-22/h1-3,6-7,11-14,19-20,22-24H,4-5,8-10,15H2. The van der Waals surface area contributed by atoms with Gasteiger partial charge in [-0.3, -0.25) is 4.79 Å². The van der Waals surface area contributed by atoms with Crippen LogP contribution in [0.5, 0.6) is 5.75 Å². The van der Waals surface area contributed by atoms with E-state index >= 15 is 0 Å². The summed E-state index contributed by atoms with van der Waals surface area (Å²) in [6.07, 6.45) is 4.35. The van der Waals surface area contributed by atoms with Gasteiger partial charge in [-0.05, 0) is 49.1 Å². The van der Waals surface area contributed by atoms with Gasteiger partial charge in [-0.25, -0.2) is 8.42 Å². The van der Waals surface area contributed by atoms with Crippen LogP contribution in [0.1, 0.15) is 37.7 Å². The fourth-order valence-electron chi connectivity index (χ4n) is 4.25. The van der Waals surface area contributed by atoms with Crippen molar-refractivity contribution in [2.24, 2.45) is 5.92 Å². The molecular formula is C22H26N2O4S. The van der Waals surface area contributed by atoms with Gasteiger partial charge in [0, 0.05) is 18.0 Å². The number of anilines is 1. The molecule has 4 rings (SSSR count). The molecule has 0 aromatic heterocycles. The maximum Gasteiger partial charge on any atom is 0.311 e. The number of hydrogen-bond donors (Lipinski definition) is 2. The molecule has 2 aliphatic rings. The Hall–Kier alpha value is -2.38. The lowest BCUT2D eigenvalue weighted by molar-refractivity contribution is -0.134. The molecule has 2 N–H and O–H groups in total. The predicted octanol–water partition coefficient (Wildman–Crippen LogP) is 3.45. The number of esters is 1. The maximum atomic E-state index is 12.3. The SMILES string of the molecule is O=C(CCc1ccccc1)Oc1ccc(NC2NS(=O)(=O)C3CCCCC23)cc1. The average Bonchev–Trinajstić information content (AvgIpc) is 2.99. The normalized spacial score (nSPS) is 25.2. The molecular weight excluding hydrogens is 388 g/mol. The van der Waals surface area contributed by atoms with Crippen LogP contribution >= 0.6 is 0 Å². The predicted molar refractivity (Wildman–Crippen MR) is 112 cm³/mol. The molecule has 0 spiro atoms. The molecule has 1 aliphatic carbocycles. The first kappa shape index (κ1) is 19.9. The molecule has 2 fully saturated rings. The van der Waals surface area contributed by atoms with Crippen molar-refractivity contribution in [3.8, 4) is 5.75 Å². The molecule has 2 aromatic carbocycles. The minimum atomic E-state index is -3.25. The van der Waals surface area contributed by atoms with Gasteiger partial charge in [-0.15, -0.1) is 0 Å². The highest BCUT2D eigenvalue weighted by molar-refractivity contribution is 7.90. The van der Waals surface area contributed by atoms with Crippen molar-refractivity contribution in [2.45, 2.75) is 49.9 Å². The third-order valence-electron chi connectivity index (χ3n) is 5.74. The number of aryl methyl sites for hydroxylation is 1. The van der Waals surface area contributed by atoms with Crippen molar-refractivity contribution >= 4 is 21.7 Å². The lowest BCUT2D eigenvalue weighted by atomic mass is 9.86. The second-order valence-electron chi connectivity index (χ2n) is 7.76. The first-order valence-electron chi connectivity index (χ1n) is 10.1. The number of hydrogen-bond acceptors (Lipinski definition) is 5. The van der Waals surface area contributed by atoms with Crippen LogP contribution in [-0.2, 0) is 21.2 Å². The molecule has 29 heavy (non-hydrogen) atoms. The van der Waals surface area contributed by atoms with Gasteiger partial charge >= 0.3 is 5.97 Å². The molecule has 2 aromatic rings. The van der Waals surface area contributed by atoms with Crippen LogP contribution < -0.4 is 14.8 Å². The summed E-state index contributed by atoms with van der Waals surface area (Å²) in [6, 6.07) is 16.9. The Labute approximate surface area is 171 Å². The van der Waals surface area contributed by atoms with Crippen molar-refractivity contribution in [3.63, 3.8) is 0 Å². The molecule has 0 bridgehead atoms. The van der Waals surface area contributed by atoms with Crippen LogP contribution in [-0.4, -0.2) is 25.8 Å². The zero-order chi connectivity index (χ0) is 20.3. The van der Waals surface area contributed by atoms with Gasteiger partial charge < -0.3 is 10.1 Å². The van der Waals surface area contributed by atoms with Crippen LogP contribution in [0.15, 0.2) is 54.6 Å². The number of nitrogens with one attached hydrogen (secondary N) is 2. The lowest BCUT2D eigenvalue weighted by Gasteiger charge is -2.27. The fourth-order valence-corrected chi connectivity index (χ4v) is 6.25. The first-order chi connectivity index (χ1) is 14.0. The number of rotatable bonds is 6. The highest BCUT2D eigenvalue weighted by atomic mass is 32.2. The molecule has 7 heteroatoms. The van der Waals surface area contributed by atoms with E-state index in [0.29, 0.717) is 18.6 Å². The Morgan fingerprint density at radius 2 is 1.76 bits per heavy atom. The van der Waals surface area contributed by atoms with Gasteiger partial charge in [0.2, 0.25) is 10.0 Å². The molecule has 3 unspecified atom stereocenters. The fraction of sp³-hybridized carbons (Fsp3) is 0.409. The summed E-state index contributed by atoms with van der Waals surface area (Å²) in [4.78, 5) is 12.1. The molecule has 1 heterocycles. The van der Waals surface area contributed by atoms with E-state index in [1.54, 1.807) is 12.1 Å². The summed E-state index contributed by atoms with van der Waals surface area (Å²) < 4.78 is 32.8. The van der Waals surface area contributed by atoms with Gasteiger partial charge in [0.15, 0.2) is 0 Å². The van der Waals surface area contributed by atoms with Crippen molar-refractivity contribution in [3.05, 3.63) is 60.2 Å². The molecule has 0 radical (unpaired) electrons. The van der Waals surface area contributed by atoms with Gasteiger partial charge in [-0.2, -0.15) is 4.72 Å². The number of ether oxygens (including phenoxy) is 1. The Morgan fingerprint density at radius 3 is 2.52 bits per heavy atom. The van der Waals surface area contributed by atoms with E-state index in [0.717, 1.165) is 36.9 Å². The molecule has 1 saturated heterocycles. The van der Waals surface area contributed by atoms with Crippen LogP contribution in [0.2, 0.25) is 0 Å². The van der Waals surface area contributed by atoms with Gasteiger partial charge in [0.05, 0.1) is 11.4 Å². The summed E-state index contributed by atoms with van der Waals surface area (Å²) in [5.41, 5.74) is 1.90. The Balaban J connectivity index is 1.32. The van der Waals surface area contributed by atoms with Crippen molar-refractivity contribution < 1.29 is 17.9 Å². The zero-order valence-corrected chi connectivity index (χ0v) is 17.0. The van der Waals surface area contributed by atoms with Crippen LogP contribution in [0.25, 0.3) is 0 Å². The summed E-state index contributed by atoms with van der Waals surface area (Å²) >= 11 is 0. The number of carbonyl (C=O) groups is 1. The highest BCUT2D eigenvalue weighted by Crippen LogP contribution is 2.37. The molecule has 154 valence electrons. The molecule has 1 aliphatic heterocycles. The largest absolute Gasteiger partial charge is 0.427 e. The van der Waals surface area contributed by atoms with Gasteiger partial charge in [0.1, 0.15) is 5.75 Å². The monoisotopic (exact) mass is 414 g/mol. The minimum absolute atomic E-state index is 0.0873. The third kappa shape index (κ3) is 4.79. The number of benzene rings is 2. The number of carbonyl (C=O) groups excluding carboxylic acids is 1. The first-order valence-corrected chi connectivity index (χ1v) is 11.7. The van der Waals surface area contributed by atoms with E-state index in [9.17, 15) is 13.2 Å². The zero-order valence-electron chi connectivity index (χ0n) is 16.2. The highest BCUT2D eigenvalue weighted by Gasteiger charge is 2.47. The maximum absolute atomic E-state index is 12.3. The van der Waals surface area contributed by atoms with Crippen LogP contribution in [0.4, 0.5) is 5.69 Å². The lowest BCUT2D eigenvalue weighted by Crippen LogP contribution is -2.37. The van der Waals surface area contributed by atoms with E-state index in [2.05, 4.69) is 10.0 Å².